The summed E-state index contributed by atoms with van der Waals surface area (Å²) in [4.78, 5) is 8.66. The second-order valence-corrected chi connectivity index (χ2v) is 6.53. The molecule has 0 unspecified atom stereocenters. The molecule has 0 bridgehead atoms. The minimum absolute atomic E-state index is 0.305. The molecule has 0 saturated heterocycles. The Balaban J connectivity index is 2.27. The van der Waals surface area contributed by atoms with Crippen molar-refractivity contribution in [2.75, 3.05) is 18.1 Å². The van der Waals surface area contributed by atoms with Gasteiger partial charge in [0.2, 0.25) is 0 Å². The summed E-state index contributed by atoms with van der Waals surface area (Å²) >= 11 is 0. The van der Waals surface area contributed by atoms with Crippen molar-refractivity contribution in [1.82, 2.24) is 9.97 Å². The van der Waals surface area contributed by atoms with E-state index in [0.717, 1.165) is 30.0 Å². The average Bonchev–Trinajstić information content (AvgIpc) is 2.45. The van der Waals surface area contributed by atoms with Crippen molar-refractivity contribution in [1.29, 1.82) is 0 Å². The maximum atomic E-state index is 11.4. The highest BCUT2D eigenvalue weighted by atomic mass is 32.2. The van der Waals surface area contributed by atoms with Gasteiger partial charge in [0.05, 0.1) is 10.6 Å². The van der Waals surface area contributed by atoms with Gasteiger partial charge in [-0.15, -0.1) is 0 Å². The monoisotopic (exact) mass is 291 g/mol. The van der Waals surface area contributed by atoms with E-state index in [1.807, 2.05) is 6.07 Å². The summed E-state index contributed by atoms with van der Waals surface area (Å²) in [5, 5.41) is 3.19. The van der Waals surface area contributed by atoms with Crippen LogP contribution in [0.15, 0.2) is 41.6 Å². The fourth-order valence-corrected chi connectivity index (χ4v) is 2.37. The number of aromatic nitrogens is 2. The third-order valence-corrected chi connectivity index (χ3v) is 3.93. The maximum Gasteiger partial charge on any atom is 0.175 e. The van der Waals surface area contributed by atoms with Gasteiger partial charge in [-0.3, -0.25) is 0 Å². The van der Waals surface area contributed by atoms with Gasteiger partial charge in [-0.2, -0.15) is 0 Å². The molecule has 0 radical (unpaired) electrons. The summed E-state index contributed by atoms with van der Waals surface area (Å²) in [5.41, 5.74) is 1.62. The van der Waals surface area contributed by atoms with Crippen LogP contribution in [-0.4, -0.2) is 31.2 Å². The summed E-state index contributed by atoms with van der Waals surface area (Å²) in [6.07, 6.45) is 3.71. The lowest BCUT2D eigenvalue weighted by Gasteiger charge is -2.06. The number of nitrogens with one attached hydrogen (secondary N) is 1. The van der Waals surface area contributed by atoms with E-state index in [2.05, 4.69) is 22.2 Å². The van der Waals surface area contributed by atoms with Gasteiger partial charge in [0.1, 0.15) is 12.1 Å². The van der Waals surface area contributed by atoms with Gasteiger partial charge >= 0.3 is 0 Å². The van der Waals surface area contributed by atoms with Crippen LogP contribution in [0.25, 0.3) is 11.3 Å². The molecule has 20 heavy (non-hydrogen) atoms. The van der Waals surface area contributed by atoms with Crippen molar-refractivity contribution < 1.29 is 8.42 Å². The van der Waals surface area contributed by atoms with Gasteiger partial charge in [0, 0.05) is 24.4 Å². The molecule has 5 nitrogen and oxygen atoms in total. The zero-order valence-corrected chi connectivity index (χ0v) is 12.3. The first-order chi connectivity index (χ1) is 9.50. The van der Waals surface area contributed by atoms with E-state index in [4.69, 9.17) is 0 Å². The van der Waals surface area contributed by atoms with Gasteiger partial charge in [-0.1, -0.05) is 19.1 Å². The zero-order valence-electron chi connectivity index (χ0n) is 11.5. The molecule has 0 fully saturated rings. The van der Waals surface area contributed by atoms with Crippen LogP contribution in [0.2, 0.25) is 0 Å². The molecule has 6 heteroatoms. The first kappa shape index (κ1) is 14.5. The number of sulfone groups is 1. The molecule has 2 aromatic rings. The molecule has 0 atom stereocenters. The number of hydrogen-bond donors (Lipinski definition) is 1. The lowest BCUT2D eigenvalue weighted by molar-refractivity contribution is 0.602. The van der Waals surface area contributed by atoms with Crippen LogP contribution >= 0.6 is 0 Å². The molecule has 0 aliphatic heterocycles. The number of hydrogen-bond acceptors (Lipinski definition) is 5. The summed E-state index contributed by atoms with van der Waals surface area (Å²) in [6, 6.07) is 8.54. The third kappa shape index (κ3) is 3.54. The van der Waals surface area contributed by atoms with E-state index in [1.165, 1.54) is 12.6 Å². The van der Waals surface area contributed by atoms with Gasteiger partial charge in [0.25, 0.3) is 0 Å². The van der Waals surface area contributed by atoms with E-state index >= 15 is 0 Å². The molecule has 0 aliphatic rings. The quantitative estimate of drug-likeness (QED) is 0.915. The van der Waals surface area contributed by atoms with Crippen molar-refractivity contribution in [2.45, 2.75) is 18.2 Å². The fourth-order valence-electron chi connectivity index (χ4n) is 1.74. The highest BCUT2D eigenvalue weighted by molar-refractivity contribution is 7.90. The minimum Gasteiger partial charge on any atom is -0.370 e. The van der Waals surface area contributed by atoms with Crippen molar-refractivity contribution in [3.8, 4) is 11.3 Å². The van der Waals surface area contributed by atoms with E-state index in [9.17, 15) is 8.42 Å². The molecule has 2 rings (SSSR count). The number of benzene rings is 1. The molecule has 1 aromatic heterocycles. The molecule has 1 heterocycles. The second-order valence-electron chi connectivity index (χ2n) is 4.51. The van der Waals surface area contributed by atoms with E-state index in [1.54, 1.807) is 24.3 Å². The summed E-state index contributed by atoms with van der Waals surface area (Å²) in [6.45, 7) is 2.93. The van der Waals surface area contributed by atoms with Crippen molar-refractivity contribution >= 4 is 15.7 Å². The van der Waals surface area contributed by atoms with E-state index in [0.29, 0.717) is 4.90 Å². The average molecular weight is 291 g/mol. The highest BCUT2D eigenvalue weighted by Gasteiger charge is 2.07. The fraction of sp³-hybridized carbons (Fsp3) is 0.286. The van der Waals surface area contributed by atoms with Crippen LogP contribution in [0, 0.1) is 0 Å². The molecular weight excluding hydrogens is 274 g/mol. The Morgan fingerprint density at radius 3 is 2.45 bits per heavy atom. The van der Waals surface area contributed by atoms with Crippen LogP contribution in [0.1, 0.15) is 13.3 Å². The molecule has 0 aliphatic carbocycles. The number of nitrogens with zero attached hydrogens (tertiary/aromatic N) is 2. The largest absolute Gasteiger partial charge is 0.370 e. The molecule has 1 N–H and O–H groups in total. The third-order valence-electron chi connectivity index (χ3n) is 2.80. The molecule has 106 valence electrons. The predicted molar refractivity (Wildman–Crippen MR) is 79.4 cm³/mol. The number of anilines is 1. The predicted octanol–water partition coefficient (Wildman–Crippen LogP) is 2.37. The topological polar surface area (TPSA) is 72.0 Å². The Labute approximate surface area is 119 Å². The molecule has 0 saturated carbocycles. The summed E-state index contributed by atoms with van der Waals surface area (Å²) in [7, 11) is -3.17. The van der Waals surface area contributed by atoms with E-state index in [-0.39, 0.29) is 0 Å². The minimum atomic E-state index is -3.17. The Bertz CT molecular complexity index is 682. The Morgan fingerprint density at radius 2 is 1.85 bits per heavy atom. The zero-order chi connectivity index (χ0) is 14.6. The molecule has 0 amide bonds. The summed E-state index contributed by atoms with van der Waals surface area (Å²) < 4.78 is 22.8. The molecule has 0 spiro atoms. The summed E-state index contributed by atoms with van der Waals surface area (Å²) in [5.74, 6) is 0.768. The van der Waals surface area contributed by atoms with Crippen LogP contribution < -0.4 is 5.32 Å². The lowest BCUT2D eigenvalue weighted by Crippen LogP contribution is -2.02. The SMILES string of the molecule is CCCNc1cc(-c2ccc(S(C)(=O)=O)cc2)ncn1. The first-order valence-electron chi connectivity index (χ1n) is 6.37. The van der Waals surface area contributed by atoms with Gasteiger partial charge < -0.3 is 5.32 Å². The molecule has 1 aromatic carbocycles. The van der Waals surface area contributed by atoms with Gasteiger partial charge in [0.15, 0.2) is 9.84 Å². The normalized spacial score (nSPS) is 11.3. The van der Waals surface area contributed by atoms with Crippen LogP contribution in [-0.2, 0) is 9.84 Å². The van der Waals surface area contributed by atoms with Gasteiger partial charge in [-0.25, -0.2) is 18.4 Å². The first-order valence-corrected chi connectivity index (χ1v) is 8.26. The Hall–Kier alpha value is -1.95. The maximum absolute atomic E-state index is 11.4. The van der Waals surface area contributed by atoms with Crippen molar-refractivity contribution in [3.05, 3.63) is 36.7 Å². The van der Waals surface area contributed by atoms with E-state index < -0.39 is 9.84 Å². The Kier molecular flexibility index (Phi) is 4.34. The smallest absolute Gasteiger partial charge is 0.175 e. The lowest BCUT2D eigenvalue weighted by atomic mass is 10.1. The second kappa shape index (κ2) is 6.00. The highest BCUT2D eigenvalue weighted by Crippen LogP contribution is 2.20. The van der Waals surface area contributed by atoms with Crippen LogP contribution in [0.5, 0.6) is 0 Å². The van der Waals surface area contributed by atoms with Crippen LogP contribution in [0.3, 0.4) is 0 Å². The Morgan fingerprint density at radius 1 is 1.15 bits per heavy atom. The number of rotatable bonds is 5. The molecular formula is C14H17N3O2S. The van der Waals surface area contributed by atoms with Crippen LogP contribution in [0.4, 0.5) is 5.82 Å². The standard InChI is InChI=1S/C14H17N3O2S/c1-3-8-15-14-9-13(16-10-17-14)11-4-6-12(7-5-11)20(2,18)19/h4-7,9-10H,3,8H2,1-2H3,(H,15,16,17). The van der Waals surface area contributed by atoms with Gasteiger partial charge in [-0.05, 0) is 18.6 Å². The van der Waals surface area contributed by atoms with Crippen molar-refractivity contribution in [3.63, 3.8) is 0 Å². The van der Waals surface area contributed by atoms with Crippen molar-refractivity contribution in [2.24, 2.45) is 0 Å².